The van der Waals surface area contributed by atoms with Crippen LogP contribution in [-0.4, -0.2) is 40.0 Å². The van der Waals surface area contributed by atoms with Crippen LogP contribution in [0.3, 0.4) is 0 Å². The molecule has 1 N–H and O–H groups in total. The van der Waals surface area contributed by atoms with E-state index in [0.717, 1.165) is 25.9 Å². The van der Waals surface area contributed by atoms with Crippen LogP contribution in [0.15, 0.2) is 17.2 Å². The van der Waals surface area contributed by atoms with Crippen LogP contribution in [0.25, 0.3) is 0 Å². The zero-order chi connectivity index (χ0) is 14.4. The Hall–Kier alpha value is -1.85. The van der Waals surface area contributed by atoms with Gasteiger partial charge in [0, 0.05) is 45.0 Å². The number of anilines is 1. The van der Waals surface area contributed by atoms with E-state index in [4.69, 9.17) is 0 Å². The summed E-state index contributed by atoms with van der Waals surface area (Å²) in [4.78, 5) is 29.8. The lowest BCUT2D eigenvalue weighted by molar-refractivity contribution is -0.131. The first-order valence-electron chi connectivity index (χ1n) is 7.29. The molecule has 1 aromatic rings. The third-order valence-electron chi connectivity index (χ3n) is 3.59. The van der Waals surface area contributed by atoms with Crippen molar-refractivity contribution in [2.75, 3.05) is 25.0 Å². The number of amides is 1. The fraction of sp³-hybridized carbons (Fsp3) is 0.643. The molecule has 1 aromatic heterocycles. The normalized spacial score (nSPS) is 15.2. The molecule has 110 valence electrons. The molecule has 0 aliphatic carbocycles. The Labute approximate surface area is 118 Å². The lowest BCUT2D eigenvalue weighted by Gasteiger charge is -2.26. The third-order valence-corrected chi connectivity index (χ3v) is 3.59. The Morgan fingerprint density at radius 2 is 2.10 bits per heavy atom. The van der Waals surface area contributed by atoms with Gasteiger partial charge >= 0.3 is 0 Å². The number of aromatic nitrogens is 2. The summed E-state index contributed by atoms with van der Waals surface area (Å²) in [5.74, 6) is 0.477. The maximum absolute atomic E-state index is 12.0. The lowest BCUT2D eigenvalue weighted by atomic mass is 10.1. The van der Waals surface area contributed by atoms with Crippen LogP contribution in [0.5, 0.6) is 0 Å². The second-order valence-electron chi connectivity index (χ2n) is 4.99. The zero-order valence-electron chi connectivity index (χ0n) is 12.0. The summed E-state index contributed by atoms with van der Waals surface area (Å²) in [6.45, 7) is 4.70. The van der Waals surface area contributed by atoms with Crippen molar-refractivity contribution in [1.29, 1.82) is 0 Å². The summed E-state index contributed by atoms with van der Waals surface area (Å²) < 4.78 is 1.59. The monoisotopic (exact) mass is 278 g/mol. The van der Waals surface area contributed by atoms with Gasteiger partial charge in [0.2, 0.25) is 5.91 Å². The summed E-state index contributed by atoms with van der Waals surface area (Å²) >= 11 is 0. The van der Waals surface area contributed by atoms with Crippen molar-refractivity contribution in [3.05, 3.63) is 22.7 Å². The van der Waals surface area contributed by atoms with Crippen molar-refractivity contribution in [2.24, 2.45) is 0 Å². The Balaban J connectivity index is 1.83. The van der Waals surface area contributed by atoms with Crippen LogP contribution in [0.1, 0.15) is 32.6 Å². The van der Waals surface area contributed by atoms with Gasteiger partial charge in [-0.1, -0.05) is 0 Å². The zero-order valence-corrected chi connectivity index (χ0v) is 12.0. The summed E-state index contributed by atoms with van der Waals surface area (Å²) in [7, 11) is 0. The number of carbonyl (C=O) groups is 1. The molecule has 0 aromatic carbocycles. The SMILES string of the molecule is CCn1ccnc(NCCC(=O)N2CCCCC2)c1=O. The van der Waals surface area contributed by atoms with Crippen LogP contribution < -0.4 is 10.9 Å². The number of likely N-dealkylation sites (tertiary alicyclic amines) is 1. The molecule has 2 rings (SSSR count). The highest BCUT2D eigenvalue weighted by Gasteiger charge is 2.15. The molecule has 6 heteroatoms. The number of nitrogens with one attached hydrogen (secondary N) is 1. The van der Waals surface area contributed by atoms with Crippen molar-refractivity contribution in [2.45, 2.75) is 39.2 Å². The van der Waals surface area contributed by atoms with E-state index in [9.17, 15) is 9.59 Å². The predicted molar refractivity (Wildman–Crippen MR) is 77.7 cm³/mol. The maximum Gasteiger partial charge on any atom is 0.293 e. The van der Waals surface area contributed by atoms with Gasteiger partial charge in [0.1, 0.15) is 0 Å². The molecule has 1 aliphatic heterocycles. The molecule has 0 atom stereocenters. The van der Waals surface area contributed by atoms with E-state index in [1.54, 1.807) is 17.0 Å². The molecule has 0 radical (unpaired) electrons. The number of hydrogen-bond donors (Lipinski definition) is 1. The van der Waals surface area contributed by atoms with Crippen LogP contribution in [-0.2, 0) is 11.3 Å². The smallest absolute Gasteiger partial charge is 0.293 e. The Morgan fingerprint density at radius 3 is 2.80 bits per heavy atom. The summed E-state index contributed by atoms with van der Waals surface area (Å²) in [6, 6.07) is 0. The third kappa shape index (κ3) is 3.59. The van der Waals surface area contributed by atoms with Gasteiger partial charge in [0.05, 0.1) is 0 Å². The van der Waals surface area contributed by atoms with Gasteiger partial charge in [-0.15, -0.1) is 0 Å². The average molecular weight is 278 g/mol. The summed E-state index contributed by atoms with van der Waals surface area (Å²) in [5, 5.41) is 2.97. The Bertz CT molecular complexity index is 506. The molecule has 2 heterocycles. The molecule has 0 spiro atoms. The first kappa shape index (κ1) is 14.6. The quantitative estimate of drug-likeness (QED) is 0.875. The number of hydrogen-bond acceptors (Lipinski definition) is 4. The average Bonchev–Trinajstić information content (AvgIpc) is 2.49. The number of rotatable bonds is 5. The highest BCUT2D eigenvalue weighted by molar-refractivity contribution is 5.76. The number of aryl methyl sites for hydroxylation is 1. The molecule has 6 nitrogen and oxygen atoms in total. The van der Waals surface area contributed by atoms with Gasteiger partial charge in [0.25, 0.3) is 5.56 Å². The molecule has 1 amide bonds. The topological polar surface area (TPSA) is 67.2 Å². The number of piperidine rings is 1. The van der Waals surface area contributed by atoms with Crippen molar-refractivity contribution < 1.29 is 4.79 Å². The molecular weight excluding hydrogens is 256 g/mol. The van der Waals surface area contributed by atoms with E-state index in [1.807, 2.05) is 11.8 Å². The summed E-state index contributed by atoms with van der Waals surface area (Å²) in [5.41, 5.74) is -0.138. The molecule has 1 saturated heterocycles. The molecular formula is C14H22N4O2. The fourth-order valence-corrected chi connectivity index (χ4v) is 2.41. The van der Waals surface area contributed by atoms with Crippen LogP contribution in [0.2, 0.25) is 0 Å². The number of nitrogens with zero attached hydrogens (tertiary/aromatic N) is 3. The largest absolute Gasteiger partial charge is 0.365 e. The molecule has 0 saturated carbocycles. The van der Waals surface area contributed by atoms with Gasteiger partial charge in [-0.05, 0) is 26.2 Å². The van der Waals surface area contributed by atoms with Crippen molar-refractivity contribution >= 4 is 11.7 Å². The van der Waals surface area contributed by atoms with E-state index in [-0.39, 0.29) is 11.5 Å². The Kier molecular flexibility index (Phi) is 5.15. The first-order valence-corrected chi connectivity index (χ1v) is 7.29. The van der Waals surface area contributed by atoms with E-state index in [2.05, 4.69) is 10.3 Å². The summed E-state index contributed by atoms with van der Waals surface area (Å²) in [6.07, 6.45) is 7.07. The molecule has 1 fully saturated rings. The predicted octanol–water partition coefficient (Wildman–Crippen LogP) is 1.08. The van der Waals surface area contributed by atoms with E-state index in [1.165, 1.54) is 6.42 Å². The molecule has 0 bridgehead atoms. The Morgan fingerprint density at radius 1 is 1.35 bits per heavy atom. The van der Waals surface area contributed by atoms with Gasteiger partial charge in [-0.2, -0.15) is 0 Å². The second-order valence-corrected chi connectivity index (χ2v) is 4.99. The van der Waals surface area contributed by atoms with E-state index in [0.29, 0.717) is 25.3 Å². The van der Waals surface area contributed by atoms with Gasteiger partial charge in [-0.3, -0.25) is 9.59 Å². The second kappa shape index (κ2) is 7.07. The van der Waals surface area contributed by atoms with Gasteiger partial charge in [0.15, 0.2) is 5.82 Å². The molecule has 1 aliphatic rings. The minimum Gasteiger partial charge on any atom is -0.365 e. The van der Waals surface area contributed by atoms with Crippen molar-refractivity contribution in [3.63, 3.8) is 0 Å². The van der Waals surface area contributed by atoms with E-state index >= 15 is 0 Å². The van der Waals surface area contributed by atoms with E-state index < -0.39 is 0 Å². The standard InChI is InChI=1S/C14H22N4O2/c1-2-17-11-8-16-13(14(17)20)15-7-6-12(19)18-9-4-3-5-10-18/h8,11H,2-7,9-10H2,1H3,(H,15,16). The highest BCUT2D eigenvalue weighted by atomic mass is 16.2. The molecule has 0 unspecified atom stereocenters. The van der Waals surface area contributed by atoms with Crippen LogP contribution >= 0.6 is 0 Å². The maximum atomic E-state index is 12.0. The van der Waals surface area contributed by atoms with Crippen LogP contribution in [0, 0.1) is 0 Å². The van der Waals surface area contributed by atoms with Crippen molar-refractivity contribution in [1.82, 2.24) is 14.5 Å². The highest BCUT2D eigenvalue weighted by Crippen LogP contribution is 2.09. The van der Waals surface area contributed by atoms with Crippen LogP contribution in [0.4, 0.5) is 5.82 Å². The molecule has 20 heavy (non-hydrogen) atoms. The minimum absolute atomic E-state index is 0.138. The lowest BCUT2D eigenvalue weighted by Crippen LogP contribution is -2.36. The van der Waals surface area contributed by atoms with Gasteiger partial charge in [-0.25, -0.2) is 4.98 Å². The number of carbonyl (C=O) groups excluding carboxylic acids is 1. The fourth-order valence-electron chi connectivity index (χ4n) is 2.41. The minimum atomic E-state index is -0.138. The van der Waals surface area contributed by atoms with Gasteiger partial charge < -0.3 is 14.8 Å². The van der Waals surface area contributed by atoms with Crippen molar-refractivity contribution in [3.8, 4) is 0 Å². The first-order chi connectivity index (χ1) is 9.72.